The smallest absolute Gasteiger partial charge is 0.261 e. The van der Waals surface area contributed by atoms with Crippen molar-refractivity contribution >= 4 is 21.4 Å². The first kappa shape index (κ1) is 23.1. The Kier molecular flexibility index (Phi) is 6.06. The number of hydrogen-bond acceptors (Lipinski definition) is 6. The number of fused-ring (bicyclic) bond motifs is 3. The van der Waals surface area contributed by atoms with Crippen molar-refractivity contribution in [2.75, 3.05) is 31.4 Å². The Balaban J connectivity index is 1.46. The van der Waals surface area contributed by atoms with E-state index in [4.69, 9.17) is 14.2 Å². The zero-order valence-electron chi connectivity index (χ0n) is 19.8. The molecule has 0 aromatic heterocycles. The van der Waals surface area contributed by atoms with Crippen LogP contribution in [0.1, 0.15) is 29.5 Å². The van der Waals surface area contributed by atoms with Crippen LogP contribution in [0.5, 0.6) is 17.2 Å². The average Bonchev–Trinajstić information content (AvgIpc) is 3.38. The lowest BCUT2D eigenvalue weighted by atomic mass is 9.77. The molecule has 1 aliphatic carbocycles. The van der Waals surface area contributed by atoms with Gasteiger partial charge in [0.2, 0.25) is 0 Å². The number of anilines is 2. The maximum Gasteiger partial charge on any atom is 0.261 e. The molecule has 0 unspecified atom stereocenters. The third-order valence-corrected chi connectivity index (χ3v) is 8.11. The molecule has 3 aromatic rings. The lowest BCUT2D eigenvalue weighted by Gasteiger charge is -2.37. The molecule has 0 spiro atoms. The first-order valence-electron chi connectivity index (χ1n) is 11.4. The average molecular weight is 493 g/mol. The molecule has 3 aromatic carbocycles. The summed E-state index contributed by atoms with van der Waals surface area (Å²) in [5.41, 5.74) is 3.48. The molecular weight excluding hydrogens is 464 g/mol. The highest BCUT2D eigenvalue weighted by Crippen LogP contribution is 2.50. The summed E-state index contributed by atoms with van der Waals surface area (Å²) in [5.74, 6) is 2.20. The van der Waals surface area contributed by atoms with E-state index in [9.17, 15) is 8.42 Å². The van der Waals surface area contributed by atoms with Crippen molar-refractivity contribution in [3.05, 3.63) is 83.9 Å². The van der Waals surface area contributed by atoms with E-state index in [0.29, 0.717) is 17.2 Å². The second kappa shape index (κ2) is 9.19. The van der Waals surface area contributed by atoms with E-state index in [1.54, 1.807) is 37.4 Å². The van der Waals surface area contributed by atoms with Crippen LogP contribution in [0.25, 0.3) is 0 Å². The summed E-state index contributed by atoms with van der Waals surface area (Å²) >= 11 is 0. The standard InChI is InChI=1S/C27H28N2O5S/c1-32-19-7-4-6-17(14-19)27-22-9-5-8-21(22)23-16-20(11-12-24(23)28-27)35(30,31)29-18-10-13-25(33-2)26(15-18)34-3/h4-8,10-16,21-22,27-29H,9H2,1-3H3/t21-,22+,27+/m0/s1. The maximum absolute atomic E-state index is 13.3. The van der Waals surface area contributed by atoms with E-state index in [0.717, 1.165) is 29.0 Å². The number of sulfonamides is 1. The van der Waals surface area contributed by atoms with Crippen LogP contribution in [-0.4, -0.2) is 29.7 Å². The minimum absolute atomic E-state index is 0.102. The van der Waals surface area contributed by atoms with Gasteiger partial charge in [-0.3, -0.25) is 4.72 Å². The van der Waals surface area contributed by atoms with Crippen LogP contribution in [-0.2, 0) is 10.0 Å². The van der Waals surface area contributed by atoms with Crippen LogP contribution < -0.4 is 24.2 Å². The Morgan fingerprint density at radius 2 is 1.74 bits per heavy atom. The molecule has 0 fully saturated rings. The highest BCUT2D eigenvalue weighted by atomic mass is 32.2. The van der Waals surface area contributed by atoms with Gasteiger partial charge < -0.3 is 19.5 Å². The van der Waals surface area contributed by atoms with Gasteiger partial charge in [-0.25, -0.2) is 8.42 Å². The van der Waals surface area contributed by atoms with Crippen molar-refractivity contribution < 1.29 is 22.6 Å². The number of ether oxygens (including phenoxy) is 3. The van der Waals surface area contributed by atoms with Crippen LogP contribution in [0.2, 0.25) is 0 Å². The summed E-state index contributed by atoms with van der Waals surface area (Å²) < 4.78 is 45.1. The normalized spacial score (nSPS) is 20.4. The molecule has 0 radical (unpaired) electrons. The van der Waals surface area contributed by atoms with Gasteiger partial charge in [0.15, 0.2) is 11.5 Å². The molecule has 0 saturated carbocycles. The first-order valence-corrected chi connectivity index (χ1v) is 12.9. The second-order valence-electron chi connectivity index (χ2n) is 8.68. The fourth-order valence-corrected chi connectivity index (χ4v) is 6.10. The monoisotopic (exact) mass is 492 g/mol. The van der Waals surface area contributed by atoms with Gasteiger partial charge in [0.05, 0.1) is 38.0 Å². The number of nitrogens with one attached hydrogen (secondary N) is 2. The van der Waals surface area contributed by atoms with Crippen LogP contribution in [0.4, 0.5) is 11.4 Å². The number of rotatable bonds is 7. The molecule has 2 N–H and O–H groups in total. The Hall–Kier alpha value is -3.65. The molecular formula is C27H28N2O5S. The van der Waals surface area contributed by atoms with Gasteiger partial charge in [-0.15, -0.1) is 0 Å². The van der Waals surface area contributed by atoms with Crippen molar-refractivity contribution in [2.24, 2.45) is 5.92 Å². The third kappa shape index (κ3) is 4.30. The molecule has 3 atom stereocenters. The summed E-state index contributed by atoms with van der Waals surface area (Å²) in [6.45, 7) is 0. The van der Waals surface area contributed by atoms with Crippen molar-refractivity contribution in [2.45, 2.75) is 23.3 Å². The van der Waals surface area contributed by atoms with Crippen molar-refractivity contribution in [3.8, 4) is 17.2 Å². The molecule has 0 saturated heterocycles. The predicted octanol–water partition coefficient (Wildman–Crippen LogP) is 5.34. The molecule has 1 heterocycles. The zero-order valence-corrected chi connectivity index (χ0v) is 20.6. The van der Waals surface area contributed by atoms with Crippen molar-refractivity contribution in [1.29, 1.82) is 0 Å². The molecule has 0 bridgehead atoms. The van der Waals surface area contributed by atoms with E-state index in [1.165, 1.54) is 14.2 Å². The van der Waals surface area contributed by atoms with E-state index in [2.05, 4.69) is 34.3 Å². The third-order valence-electron chi connectivity index (χ3n) is 6.73. The topological polar surface area (TPSA) is 85.9 Å². The fraction of sp³-hybridized carbons (Fsp3) is 0.259. The van der Waals surface area contributed by atoms with Gasteiger partial charge in [-0.1, -0.05) is 24.3 Å². The maximum atomic E-state index is 13.3. The Labute approximate surface area is 205 Å². The number of allylic oxidation sites excluding steroid dienone is 2. The Morgan fingerprint density at radius 1 is 0.914 bits per heavy atom. The molecule has 0 amide bonds. The molecule has 8 heteroatoms. The SMILES string of the molecule is COc1cccc([C@H]2Nc3ccc(S(=O)(=O)Nc4ccc(OC)c(OC)c4)cc3[C@H]3C=CC[C@H]32)c1. The largest absolute Gasteiger partial charge is 0.497 e. The van der Waals surface area contributed by atoms with E-state index in [1.807, 2.05) is 18.2 Å². The molecule has 1 aliphatic heterocycles. The van der Waals surface area contributed by atoms with Gasteiger partial charge >= 0.3 is 0 Å². The van der Waals surface area contributed by atoms with Gasteiger partial charge in [0.25, 0.3) is 10.0 Å². The Morgan fingerprint density at radius 3 is 2.51 bits per heavy atom. The van der Waals surface area contributed by atoms with Crippen LogP contribution in [0, 0.1) is 5.92 Å². The zero-order chi connectivity index (χ0) is 24.6. The highest BCUT2D eigenvalue weighted by Gasteiger charge is 2.38. The Bertz CT molecular complexity index is 1390. The van der Waals surface area contributed by atoms with Gasteiger partial charge in [0, 0.05) is 17.7 Å². The predicted molar refractivity (Wildman–Crippen MR) is 136 cm³/mol. The minimum atomic E-state index is -3.81. The number of methoxy groups -OCH3 is 3. The number of benzene rings is 3. The molecule has 7 nitrogen and oxygen atoms in total. The molecule has 5 rings (SSSR count). The summed E-state index contributed by atoms with van der Waals surface area (Å²) in [6, 6.07) is 18.4. The lowest BCUT2D eigenvalue weighted by Crippen LogP contribution is -2.29. The van der Waals surface area contributed by atoms with Crippen molar-refractivity contribution in [1.82, 2.24) is 0 Å². The van der Waals surface area contributed by atoms with Gasteiger partial charge in [-0.2, -0.15) is 0 Å². The first-order chi connectivity index (χ1) is 16.9. The lowest BCUT2D eigenvalue weighted by molar-refractivity contribution is 0.355. The van der Waals surface area contributed by atoms with E-state index >= 15 is 0 Å². The quantitative estimate of drug-likeness (QED) is 0.433. The van der Waals surface area contributed by atoms with Crippen LogP contribution >= 0.6 is 0 Å². The van der Waals surface area contributed by atoms with Crippen LogP contribution in [0.3, 0.4) is 0 Å². The summed E-state index contributed by atoms with van der Waals surface area (Å²) in [7, 11) is 0.903. The molecule has 2 aliphatic rings. The van der Waals surface area contributed by atoms with Gasteiger partial charge in [0.1, 0.15) is 5.75 Å². The summed E-state index contributed by atoms with van der Waals surface area (Å²) in [4.78, 5) is 0.215. The van der Waals surface area contributed by atoms with E-state index < -0.39 is 10.0 Å². The van der Waals surface area contributed by atoms with Crippen LogP contribution in [0.15, 0.2) is 77.7 Å². The van der Waals surface area contributed by atoms with Crippen molar-refractivity contribution in [3.63, 3.8) is 0 Å². The summed E-state index contributed by atoms with van der Waals surface area (Å²) in [5, 5.41) is 3.65. The molecule has 182 valence electrons. The molecule has 35 heavy (non-hydrogen) atoms. The number of hydrogen-bond donors (Lipinski definition) is 2. The summed E-state index contributed by atoms with van der Waals surface area (Å²) in [6.07, 6.45) is 5.29. The van der Waals surface area contributed by atoms with Gasteiger partial charge in [-0.05, 0) is 65.9 Å². The highest BCUT2D eigenvalue weighted by molar-refractivity contribution is 7.92. The second-order valence-corrected chi connectivity index (χ2v) is 10.4. The van der Waals surface area contributed by atoms with E-state index in [-0.39, 0.29) is 22.8 Å². The minimum Gasteiger partial charge on any atom is -0.497 e. The fourth-order valence-electron chi connectivity index (χ4n) is 5.02.